The van der Waals surface area contributed by atoms with Gasteiger partial charge in [-0.15, -0.1) is 0 Å². The van der Waals surface area contributed by atoms with Crippen LogP contribution in [0.1, 0.15) is 39.0 Å². The van der Waals surface area contributed by atoms with E-state index in [0.717, 1.165) is 11.4 Å². The molecule has 0 unspecified atom stereocenters. The third-order valence-corrected chi connectivity index (χ3v) is 4.57. The highest BCUT2D eigenvalue weighted by Gasteiger charge is 2.21. The summed E-state index contributed by atoms with van der Waals surface area (Å²) in [6.07, 6.45) is 0. The number of nitrogens with one attached hydrogen (secondary N) is 1. The summed E-state index contributed by atoms with van der Waals surface area (Å²) in [6, 6.07) is 7.36. The van der Waals surface area contributed by atoms with Crippen LogP contribution in [0.25, 0.3) is 0 Å². The number of hydrogen-bond donors (Lipinski definition) is 1. The first kappa shape index (κ1) is 19.7. The van der Waals surface area contributed by atoms with Crippen LogP contribution in [0.3, 0.4) is 0 Å². The molecule has 1 N–H and O–H groups in total. The third kappa shape index (κ3) is 4.32. The average molecular weight is 377 g/mol. The summed E-state index contributed by atoms with van der Waals surface area (Å²) in [4.78, 5) is 36.5. The Labute approximate surface area is 157 Å². The van der Waals surface area contributed by atoms with E-state index in [0.29, 0.717) is 5.56 Å². The molecule has 1 aromatic carbocycles. The second-order valence-corrected chi connectivity index (χ2v) is 6.46. The number of carbonyl (C=O) groups excluding carboxylic acids is 3. The van der Waals surface area contributed by atoms with Gasteiger partial charge < -0.3 is 14.6 Å². The van der Waals surface area contributed by atoms with Gasteiger partial charge in [0.1, 0.15) is 6.04 Å². The number of ketones is 1. The van der Waals surface area contributed by atoms with Crippen LogP contribution in [0.4, 0.5) is 0 Å². The fraction of sp³-hybridized carbons (Fsp3) is 0.316. The van der Waals surface area contributed by atoms with Crippen LogP contribution in [-0.2, 0) is 16.6 Å². The second-order valence-electron chi connectivity index (χ2n) is 6.05. The average Bonchev–Trinajstić information content (AvgIpc) is 2.87. The maximum absolute atomic E-state index is 12.3. The maximum atomic E-state index is 12.3. The highest BCUT2D eigenvalue weighted by molar-refractivity contribution is 6.33. The number of hydrogen-bond acceptors (Lipinski definition) is 4. The quantitative estimate of drug-likeness (QED) is 0.621. The van der Waals surface area contributed by atoms with Gasteiger partial charge in [0.25, 0.3) is 5.91 Å². The van der Waals surface area contributed by atoms with Crippen molar-refractivity contribution in [1.82, 2.24) is 9.88 Å². The van der Waals surface area contributed by atoms with Crippen molar-refractivity contribution >= 4 is 29.3 Å². The highest BCUT2D eigenvalue weighted by Crippen LogP contribution is 2.15. The van der Waals surface area contributed by atoms with Crippen molar-refractivity contribution in [2.24, 2.45) is 7.05 Å². The van der Waals surface area contributed by atoms with Crippen molar-refractivity contribution in [2.75, 3.05) is 6.61 Å². The number of rotatable bonds is 6. The molecule has 0 spiro atoms. The van der Waals surface area contributed by atoms with Crippen molar-refractivity contribution in [1.29, 1.82) is 0 Å². The van der Waals surface area contributed by atoms with Crippen LogP contribution in [0.15, 0.2) is 30.3 Å². The number of aromatic nitrogens is 1. The lowest BCUT2D eigenvalue weighted by molar-refractivity contribution is -0.144. The SMILES string of the molecule is Cc1cc(C(=O)COC(=O)[C@H](C)NC(=O)c2ccccc2Cl)c(C)n1C. The Balaban J connectivity index is 1.93. The Kier molecular flexibility index (Phi) is 6.21. The minimum absolute atomic E-state index is 0.264. The monoisotopic (exact) mass is 376 g/mol. The summed E-state index contributed by atoms with van der Waals surface area (Å²) < 4.78 is 6.94. The molecular formula is C19H21ClN2O4. The zero-order chi connectivity index (χ0) is 19.4. The standard InChI is InChI=1S/C19H21ClN2O4/c1-11-9-15(13(3)22(11)4)17(23)10-26-19(25)12(2)21-18(24)14-7-5-6-8-16(14)20/h5-9,12H,10H2,1-4H3,(H,21,24)/t12-/m0/s1. The van der Waals surface area contributed by atoms with E-state index in [1.165, 1.54) is 6.92 Å². The molecule has 1 aromatic heterocycles. The Bertz CT molecular complexity index is 857. The molecule has 0 aliphatic heterocycles. The lowest BCUT2D eigenvalue weighted by Gasteiger charge is -2.13. The molecule has 2 rings (SSSR count). The predicted octanol–water partition coefficient (Wildman–Crippen LogP) is 2.84. The van der Waals surface area contributed by atoms with Gasteiger partial charge in [-0.2, -0.15) is 0 Å². The zero-order valence-electron chi connectivity index (χ0n) is 15.1. The van der Waals surface area contributed by atoms with Crippen molar-refractivity contribution in [3.8, 4) is 0 Å². The number of Topliss-reactive ketones (excluding diaryl/α,β-unsaturated/α-hetero) is 1. The summed E-state index contributed by atoms with van der Waals surface area (Å²) in [5.74, 6) is -1.46. The molecule has 1 atom stereocenters. The maximum Gasteiger partial charge on any atom is 0.328 e. The normalized spacial score (nSPS) is 11.7. The van der Waals surface area contributed by atoms with E-state index in [-0.39, 0.29) is 23.0 Å². The van der Waals surface area contributed by atoms with Gasteiger partial charge in [0.05, 0.1) is 10.6 Å². The molecule has 0 saturated carbocycles. The van der Waals surface area contributed by atoms with Crippen molar-refractivity contribution in [3.63, 3.8) is 0 Å². The smallest absolute Gasteiger partial charge is 0.328 e. The number of amides is 1. The Morgan fingerprint density at radius 2 is 1.85 bits per heavy atom. The molecule has 0 bridgehead atoms. The molecule has 0 aliphatic rings. The summed E-state index contributed by atoms with van der Waals surface area (Å²) >= 11 is 5.96. The number of nitrogens with zero attached hydrogens (tertiary/aromatic N) is 1. The first-order valence-corrected chi connectivity index (χ1v) is 8.48. The van der Waals surface area contributed by atoms with E-state index >= 15 is 0 Å². The van der Waals surface area contributed by atoms with Gasteiger partial charge in [-0.3, -0.25) is 9.59 Å². The minimum Gasteiger partial charge on any atom is -0.456 e. The Morgan fingerprint density at radius 3 is 2.42 bits per heavy atom. The summed E-state index contributed by atoms with van der Waals surface area (Å²) in [5, 5.41) is 2.80. The summed E-state index contributed by atoms with van der Waals surface area (Å²) in [7, 11) is 1.86. The van der Waals surface area contributed by atoms with Crippen molar-refractivity contribution in [2.45, 2.75) is 26.8 Å². The van der Waals surface area contributed by atoms with Crippen molar-refractivity contribution < 1.29 is 19.1 Å². The van der Waals surface area contributed by atoms with E-state index < -0.39 is 17.9 Å². The molecule has 0 saturated heterocycles. The van der Waals surface area contributed by atoms with E-state index in [2.05, 4.69) is 5.32 Å². The highest BCUT2D eigenvalue weighted by atomic mass is 35.5. The lowest BCUT2D eigenvalue weighted by Crippen LogP contribution is -2.40. The van der Waals surface area contributed by atoms with Crippen LogP contribution >= 0.6 is 11.6 Å². The van der Waals surface area contributed by atoms with Gasteiger partial charge in [-0.25, -0.2) is 4.79 Å². The molecule has 138 valence electrons. The molecule has 26 heavy (non-hydrogen) atoms. The lowest BCUT2D eigenvalue weighted by atomic mass is 10.1. The Morgan fingerprint density at radius 1 is 1.19 bits per heavy atom. The van der Waals surface area contributed by atoms with Crippen LogP contribution in [0.2, 0.25) is 5.02 Å². The molecular weight excluding hydrogens is 356 g/mol. The number of ether oxygens (including phenoxy) is 1. The van der Waals surface area contributed by atoms with Gasteiger partial charge in [-0.05, 0) is 39.0 Å². The van der Waals surface area contributed by atoms with Crippen LogP contribution in [0.5, 0.6) is 0 Å². The summed E-state index contributed by atoms with van der Waals surface area (Å²) in [5.41, 5.74) is 2.53. The summed E-state index contributed by atoms with van der Waals surface area (Å²) in [6.45, 7) is 4.82. The predicted molar refractivity (Wildman–Crippen MR) is 98.6 cm³/mol. The fourth-order valence-electron chi connectivity index (χ4n) is 2.46. The number of aryl methyl sites for hydroxylation is 1. The molecule has 6 nitrogen and oxygen atoms in total. The second kappa shape index (κ2) is 8.19. The number of carbonyl (C=O) groups is 3. The number of benzene rings is 1. The first-order valence-electron chi connectivity index (χ1n) is 8.10. The van der Waals surface area contributed by atoms with Gasteiger partial charge in [-0.1, -0.05) is 23.7 Å². The fourth-order valence-corrected chi connectivity index (χ4v) is 2.68. The molecule has 0 aliphatic carbocycles. The van der Waals surface area contributed by atoms with E-state index in [1.54, 1.807) is 30.3 Å². The Hall–Kier alpha value is -2.60. The number of esters is 1. The van der Waals surface area contributed by atoms with Crippen molar-refractivity contribution in [3.05, 3.63) is 57.9 Å². The van der Waals surface area contributed by atoms with E-state index in [9.17, 15) is 14.4 Å². The van der Waals surface area contributed by atoms with Gasteiger partial charge in [0, 0.05) is 24.0 Å². The topological polar surface area (TPSA) is 77.4 Å². The minimum atomic E-state index is -0.912. The molecule has 1 heterocycles. The molecule has 0 radical (unpaired) electrons. The largest absolute Gasteiger partial charge is 0.456 e. The third-order valence-electron chi connectivity index (χ3n) is 4.24. The first-order chi connectivity index (χ1) is 12.2. The molecule has 0 fully saturated rings. The molecule has 7 heteroatoms. The zero-order valence-corrected chi connectivity index (χ0v) is 15.9. The molecule has 1 amide bonds. The van der Waals surface area contributed by atoms with E-state index in [1.807, 2.05) is 25.5 Å². The van der Waals surface area contributed by atoms with Gasteiger partial charge in [0.2, 0.25) is 5.78 Å². The van der Waals surface area contributed by atoms with Gasteiger partial charge in [0.15, 0.2) is 6.61 Å². The van der Waals surface area contributed by atoms with E-state index in [4.69, 9.17) is 16.3 Å². The van der Waals surface area contributed by atoms with Crippen LogP contribution < -0.4 is 5.32 Å². The number of halogens is 1. The van der Waals surface area contributed by atoms with Gasteiger partial charge >= 0.3 is 5.97 Å². The van der Waals surface area contributed by atoms with Crippen LogP contribution in [-0.4, -0.2) is 34.9 Å². The van der Waals surface area contributed by atoms with Crippen LogP contribution in [0, 0.1) is 13.8 Å². The molecule has 2 aromatic rings.